The highest BCUT2D eigenvalue weighted by molar-refractivity contribution is 5.90. The van der Waals surface area contributed by atoms with Gasteiger partial charge in [-0.25, -0.2) is 4.79 Å². The minimum atomic E-state index is -0.188. The zero-order chi connectivity index (χ0) is 12.7. The number of hydrogen-bond donors (Lipinski definition) is 0. The number of hydrogen-bond acceptors (Lipinski definition) is 3. The molecule has 4 fully saturated rings. The van der Waals surface area contributed by atoms with E-state index in [9.17, 15) is 4.79 Å². The number of esters is 1. The van der Waals surface area contributed by atoms with Gasteiger partial charge < -0.3 is 9.47 Å². The molecule has 6 atom stereocenters. The third kappa shape index (κ3) is 1.12. The lowest BCUT2D eigenvalue weighted by molar-refractivity contribution is -0.159. The maximum Gasteiger partial charge on any atom is 0.334 e. The molecule has 2 heterocycles. The number of carbonyl (C=O) groups excluding carboxylic acids is 1. The molecule has 98 valence electrons. The fraction of sp³-hybridized carbons (Fsp3) is 0.800. The first-order valence-corrected chi connectivity index (χ1v) is 7.03. The molecule has 18 heavy (non-hydrogen) atoms. The standard InChI is InChI=1S/C15H20O3/c1-8-9-6-11-10-4-5-14(11,2)18-15(10,3)7-12(9)17-13(8)16/h9-12H,1,4-7H2,2-3H3/t9-,10-,11-,12+,14+,15+/m1/s1. The van der Waals surface area contributed by atoms with Crippen molar-refractivity contribution >= 4 is 5.97 Å². The van der Waals surface area contributed by atoms with Gasteiger partial charge in [-0.2, -0.15) is 0 Å². The highest BCUT2D eigenvalue weighted by atomic mass is 16.6. The molecule has 4 rings (SSSR count). The maximum atomic E-state index is 11.7. The van der Waals surface area contributed by atoms with Crippen LogP contribution in [0.1, 0.15) is 39.5 Å². The van der Waals surface area contributed by atoms with Gasteiger partial charge >= 0.3 is 5.97 Å². The fourth-order valence-corrected chi connectivity index (χ4v) is 5.15. The van der Waals surface area contributed by atoms with Crippen LogP contribution >= 0.6 is 0 Å². The Morgan fingerprint density at radius 3 is 2.83 bits per heavy atom. The Hall–Kier alpha value is -0.830. The molecule has 0 radical (unpaired) electrons. The van der Waals surface area contributed by atoms with Gasteiger partial charge in [0.15, 0.2) is 0 Å². The van der Waals surface area contributed by atoms with E-state index in [1.807, 2.05) is 0 Å². The summed E-state index contributed by atoms with van der Waals surface area (Å²) in [7, 11) is 0. The molecule has 3 nitrogen and oxygen atoms in total. The summed E-state index contributed by atoms with van der Waals surface area (Å²) in [4.78, 5) is 11.7. The fourth-order valence-electron chi connectivity index (χ4n) is 5.15. The zero-order valence-corrected chi connectivity index (χ0v) is 11.1. The molecule has 2 aliphatic heterocycles. The quantitative estimate of drug-likeness (QED) is 0.488. The molecule has 2 aliphatic carbocycles. The molecule has 2 saturated heterocycles. The molecule has 4 aliphatic rings. The predicted molar refractivity (Wildman–Crippen MR) is 65.9 cm³/mol. The molecular weight excluding hydrogens is 228 g/mol. The lowest BCUT2D eigenvalue weighted by Gasteiger charge is -2.39. The van der Waals surface area contributed by atoms with Crippen LogP contribution in [0.4, 0.5) is 0 Å². The van der Waals surface area contributed by atoms with Crippen molar-refractivity contribution in [1.82, 2.24) is 0 Å². The Morgan fingerprint density at radius 1 is 1.28 bits per heavy atom. The van der Waals surface area contributed by atoms with Crippen LogP contribution in [0.2, 0.25) is 0 Å². The first-order chi connectivity index (χ1) is 8.43. The van der Waals surface area contributed by atoms with Crippen molar-refractivity contribution in [2.75, 3.05) is 0 Å². The highest BCUT2D eigenvalue weighted by Gasteiger charge is 2.66. The monoisotopic (exact) mass is 248 g/mol. The van der Waals surface area contributed by atoms with E-state index in [0.717, 1.165) is 19.3 Å². The normalized spacial score (nSPS) is 57.4. The summed E-state index contributed by atoms with van der Waals surface area (Å²) in [5, 5.41) is 0. The van der Waals surface area contributed by atoms with Crippen LogP contribution < -0.4 is 0 Å². The van der Waals surface area contributed by atoms with Gasteiger partial charge in [0.05, 0.1) is 11.2 Å². The smallest absolute Gasteiger partial charge is 0.334 e. The van der Waals surface area contributed by atoms with Crippen molar-refractivity contribution in [3.63, 3.8) is 0 Å². The van der Waals surface area contributed by atoms with Crippen molar-refractivity contribution < 1.29 is 14.3 Å². The van der Waals surface area contributed by atoms with Crippen molar-refractivity contribution in [2.45, 2.75) is 56.8 Å². The van der Waals surface area contributed by atoms with Crippen molar-refractivity contribution in [1.29, 1.82) is 0 Å². The number of carbonyl (C=O) groups is 1. The molecule has 0 aromatic carbocycles. The second kappa shape index (κ2) is 3.01. The number of rotatable bonds is 0. The summed E-state index contributed by atoms with van der Waals surface area (Å²) in [5.41, 5.74) is 0.623. The van der Waals surface area contributed by atoms with E-state index in [1.54, 1.807) is 0 Å². The van der Waals surface area contributed by atoms with Gasteiger partial charge in [0.2, 0.25) is 0 Å². The second-order valence-corrected chi connectivity index (χ2v) is 6.99. The minimum absolute atomic E-state index is 0.00477. The van der Waals surface area contributed by atoms with Gasteiger partial charge in [-0.15, -0.1) is 0 Å². The van der Waals surface area contributed by atoms with E-state index in [1.165, 1.54) is 6.42 Å². The van der Waals surface area contributed by atoms with Crippen LogP contribution in [0.3, 0.4) is 0 Å². The third-order valence-electron chi connectivity index (χ3n) is 6.00. The van der Waals surface area contributed by atoms with Gasteiger partial charge in [0.1, 0.15) is 6.10 Å². The Labute approximate surface area is 108 Å². The van der Waals surface area contributed by atoms with E-state index in [4.69, 9.17) is 9.47 Å². The first kappa shape index (κ1) is 11.0. The van der Waals surface area contributed by atoms with Crippen molar-refractivity contribution in [3.05, 3.63) is 12.2 Å². The Morgan fingerprint density at radius 2 is 2.06 bits per heavy atom. The molecule has 0 aromatic heterocycles. The molecule has 0 amide bonds. The SMILES string of the molecule is C=C1C(=O)O[C@H]2C[C@]3(C)O[C@@]4(C)CC[C@@H]3[C@H]4C[C@H]12. The van der Waals surface area contributed by atoms with E-state index in [0.29, 0.717) is 17.4 Å². The van der Waals surface area contributed by atoms with Crippen molar-refractivity contribution in [2.24, 2.45) is 17.8 Å². The van der Waals surface area contributed by atoms with Crippen LogP contribution in [0.15, 0.2) is 12.2 Å². The Bertz CT molecular complexity index is 457. The van der Waals surface area contributed by atoms with Crippen LogP contribution in [0, 0.1) is 17.8 Å². The van der Waals surface area contributed by atoms with E-state index in [-0.39, 0.29) is 29.2 Å². The summed E-state index contributed by atoms with van der Waals surface area (Å²) >= 11 is 0. The van der Waals surface area contributed by atoms with Gasteiger partial charge in [-0.05, 0) is 44.9 Å². The molecule has 0 aromatic rings. The molecule has 2 saturated carbocycles. The summed E-state index contributed by atoms with van der Waals surface area (Å²) < 4.78 is 11.9. The average Bonchev–Trinajstić information content (AvgIpc) is 2.74. The summed E-state index contributed by atoms with van der Waals surface area (Å²) in [5.74, 6) is 1.25. The van der Waals surface area contributed by atoms with Gasteiger partial charge in [-0.3, -0.25) is 0 Å². The van der Waals surface area contributed by atoms with Crippen LogP contribution in [-0.4, -0.2) is 23.3 Å². The Kier molecular flexibility index (Phi) is 1.84. The van der Waals surface area contributed by atoms with E-state index in [2.05, 4.69) is 20.4 Å². The molecule has 0 spiro atoms. The summed E-state index contributed by atoms with van der Waals surface area (Å²) in [6.45, 7) is 8.41. The molecule has 0 unspecified atom stereocenters. The highest BCUT2D eigenvalue weighted by Crippen LogP contribution is 2.63. The molecule has 3 heteroatoms. The number of fused-ring (bicyclic) bond motifs is 1. The topological polar surface area (TPSA) is 35.5 Å². The maximum absolute atomic E-state index is 11.7. The van der Waals surface area contributed by atoms with E-state index >= 15 is 0 Å². The van der Waals surface area contributed by atoms with Gasteiger partial charge in [0, 0.05) is 17.9 Å². The van der Waals surface area contributed by atoms with Crippen LogP contribution in [0.5, 0.6) is 0 Å². The van der Waals surface area contributed by atoms with Gasteiger partial charge in [-0.1, -0.05) is 6.58 Å². The van der Waals surface area contributed by atoms with Gasteiger partial charge in [0.25, 0.3) is 0 Å². The molecule has 0 N–H and O–H groups in total. The minimum Gasteiger partial charge on any atom is -0.458 e. The molecule has 4 bridgehead atoms. The first-order valence-electron chi connectivity index (χ1n) is 7.03. The summed E-state index contributed by atoms with van der Waals surface area (Å²) in [6.07, 6.45) is 4.30. The average molecular weight is 248 g/mol. The van der Waals surface area contributed by atoms with Crippen LogP contribution in [-0.2, 0) is 14.3 Å². The third-order valence-corrected chi connectivity index (χ3v) is 6.00. The zero-order valence-electron chi connectivity index (χ0n) is 11.1. The second-order valence-electron chi connectivity index (χ2n) is 6.99. The predicted octanol–water partition coefficient (Wildman–Crippen LogP) is 2.45. The lowest BCUT2D eigenvalue weighted by Crippen LogP contribution is -2.42. The van der Waals surface area contributed by atoms with Crippen LogP contribution in [0.25, 0.3) is 0 Å². The lowest BCUT2D eigenvalue weighted by atomic mass is 9.79. The Balaban J connectivity index is 1.76. The van der Waals surface area contributed by atoms with E-state index < -0.39 is 0 Å². The molecular formula is C15H20O3. The van der Waals surface area contributed by atoms with Crippen molar-refractivity contribution in [3.8, 4) is 0 Å². The summed E-state index contributed by atoms with van der Waals surface area (Å²) in [6, 6.07) is 0. The largest absolute Gasteiger partial charge is 0.458 e. The number of ether oxygens (including phenoxy) is 2.